The summed E-state index contributed by atoms with van der Waals surface area (Å²) in [6.07, 6.45) is 4.46. The second-order valence-corrected chi connectivity index (χ2v) is 6.20. The highest BCUT2D eigenvalue weighted by Gasteiger charge is 2.29. The SMILES string of the molecule is Cc1ccnc(C2CCN(C(=O)c3ccc4ncccc4c3)C2)n1. The average molecular weight is 318 g/mol. The van der Waals surface area contributed by atoms with Crippen molar-refractivity contribution in [1.29, 1.82) is 0 Å². The van der Waals surface area contributed by atoms with Crippen LogP contribution in [0, 0.1) is 6.92 Å². The van der Waals surface area contributed by atoms with Gasteiger partial charge in [0.1, 0.15) is 5.82 Å². The molecule has 1 aliphatic heterocycles. The molecule has 2 aromatic heterocycles. The van der Waals surface area contributed by atoms with Crippen molar-refractivity contribution in [3.8, 4) is 0 Å². The summed E-state index contributed by atoms with van der Waals surface area (Å²) in [5.74, 6) is 1.12. The van der Waals surface area contributed by atoms with Gasteiger partial charge < -0.3 is 4.90 Å². The molecule has 1 fully saturated rings. The summed E-state index contributed by atoms with van der Waals surface area (Å²) in [5, 5.41) is 0.987. The maximum atomic E-state index is 12.8. The standard InChI is InChI=1S/C19H18N4O/c1-13-6-9-21-18(22-13)16-7-10-23(12-16)19(24)15-4-5-17-14(11-15)3-2-8-20-17/h2-6,8-9,11,16H,7,10,12H2,1H3. The van der Waals surface area contributed by atoms with Crippen LogP contribution in [-0.2, 0) is 0 Å². The average Bonchev–Trinajstić information content (AvgIpc) is 3.11. The van der Waals surface area contributed by atoms with Gasteiger partial charge in [-0.3, -0.25) is 9.78 Å². The second-order valence-electron chi connectivity index (χ2n) is 6.20. The first-order valence-electron chi connectivity index (χ1n) is 8.14. The zero-order valence-corrected chi connectivity index (χ0v) is 13.5. The van der Waals surface area contributed by atoms with E-state index in [4.69, 9.17) is 0 Å². The Labute approximate surface area is 140 Å². The van der Waals surface area contributed by atoms with Crippen molar-refractivity contribution in [3.05, 3.63) is 65.9 Å². The fraction of sp³-hybridized carbons (Fsp3) is 0.263. The van der Waals surface area contributed by atoms with Gasteiger partial charge in [-0.2, -0.15) is 0 Å². The van der Waals surface area contributed by atoms with Crippen molar-refractivity contribution in [2.75, 3.05) is 13.1 Å². The van der Waals surface area contributed by atoms with Gasteiger partial charge in [0.15, 0.2) is 0 Å². The Morgan fingerprint density at radius 3 is 2.96 bits per heavy atom. The molecule has 5 heteroatoms. The number of rotatable bonds is 2. The van der Waals surface area contributed by atoms with Crippen molar-refractivity contribution < 1.29 is 4.79 Å². The maximum Gasteiger partial charge on any atom is 0.253 e. The lowest BCUT2D eigenvalue weighted by molar-refractivity contribution is 0.0790. The van der Waals surface area contributed by atoms with Gasteiger partial charge in [-0.25, -0.2) is 9.97 Å². The van der Waals surface area contributed by atoms with E-state index < -0.39 is 0 Å². The summed E-state index contributed by atoms with van der Waals surface area (Å²) >= 11 is 0. The second kappa shape index (κ2) is 6.00. The van der Waals surface area contributed by atoms with Crippen LogP contribution in [-0.4, -0.2) is 38.8 Å². The fourth-order valence-corrected chi connectivity index (χ4v) is 3.21. The number of hydrogen-bond donors (Lipinski definition) is 0. The van der Waals surface area contributed by atoms with E-state index >= 15 is 0 Å². The normalized spacial score (nSPS) is 17.4. The van der Waals surface area contributed by atoms with Gasteiger partial charge in [0.05, 0.1) is 5.52 Å². The minimum Gasteiger partial charge on any atom is -0.338 e. The zero-order chi connectivity index (χ0) is 16.5. The number of benzene rings is 1. The number of carbonyl (C=O) groups is 1. The Balaban J connectivity index is 1.54. The van der Waals surface area contributed by atoms with Gasteiger partial charge in [-0.1, -0.05) is 6.07 Å². The van der Waals surface area contributed by atoms with Crippen molar-refractivity contribution >= 4 is 16.8 Å². The minimum absolute atomic E-state index is 0.0657. The number of aromatic nitrogens is 3. The van der Waals surface area contributed by atoms with E-state index in [1.807, 2.05) is 48.2 Å². The van der Waals surface area contributed by atoms with Crippen LogP contribution in [0.3, 0.4) is 0 Å². The number of fused-ring (bicyclic) bond motifs is 1. The maximum absolute atomic E-state index is 12.8. The number of likely N-dealkylation sites (tertiary alicyclic amines) is 1. The minimum atomic E-state index is 0.0657. The van der Waals surface area contributed by atoms with Crippen LogP contribution in [0.2, 0.25) is 0 Å². The van der Waals surface area contributed by atoms with Crippen molar-refractivity contribution in [2.24, 2.45) is 0 Å². The van der Waals surface area contributed by atoms with E-state index in [9.17, 15) is 4.79 Å². The van der Waals surface area contributed by atoms with E-state index in [1.54, 1.807) is 12.4 Å². The van der Waals surface area contributed by atoms with Crippen molar-refractivity contribution in [3.63, 3.8) is 0 Å². The first-order valence-corrected chi connectivity index (χ1v) is 8.14. The summed E-state index contributed by atoms with van der Waals surface area (Å²) in [5.41, 5.74) is 2.58. The Kier molecular flexibility index (Phi) is 3.69. The molecule has 0 N–H and O–H groups in total. The number of aryl methyl sites for hydroxylation is 1. The van der Waals surface area contributed by atoms with Crippen molar-refractivity contribution in [1.82, 2.24) is 19.9 Å². The van der Waals surface area contributed by atoms with Crippen LogP contribution in [0.5, 0.6) is 0 Å². The Morgan fingerprint density at radius 2 is 2.08 bits per heavy atom. The van der Waals surface area contributed by atoms with Crippen LogP contribution in [0.15, 0.2) is 48.8 Å². The summed E-state index contributed by atoms with van der Waals surface area (Å²) in [6, 6.07) is 11.4. The Morgan fingerprint density at radius 1 is 1.17 bits per heavy atom. The third-order valence-corrected chi connectivity index (χ3v) is 4.50. The van der Waals surface area contributed by atoms with Crippen LogP contribution in [0.25, 0.3) is 10.9 Å². The van der Waals surface area contributed by atoms with E-state index in [0.717, 1.165) is 35.4 Å². The number of carbonyl (C=O) groups excluding carboxylic acids is 1. The number of amides is 1. The third-order valence-electron chi connectivity index (χ3n) is 4.50. The Hall–Kier alpha value is -2.82. The molecular weight excluding hydrogens is 300 g/mol. The number of hydrogen-bond acceptors (Lipinski definition) is 4. The summed E-state index contributed by atoms with van der Waals surface area (Å²) < 4.78 is 0. The molecule has 3 aromatic rings. The molecule has 0 bridgehead atoms. The highest BCUT2D eigenvalue weighted by atomic mass is 16.2. The molecule has 1 aliphatic rings. The predicted molar refractivity (Wildman–Crippen MR) is 91.8 cm³/mol. The third kappa shape index (κ3) is 2.73. The predicted octanol–water partition coefficient (Wildman–Crippen LogP) is 2.96. The topological polar surface area (TPSA) is 59.0 Å². The molecule has 5 nitrogen and oxygen atoms in total. The molecule has 1 amide bonds. The van der Waals surface area contributed by atoms with Crippen molar-refractivity contribution in [2.45, 2.75) is 19.3 Å². The van der Waals surface area contributed by atoms with Gasteiger partial charge >= 0.3 is 0 Å². The van der Waals surface area contributed by atoms with E-state index in [1.165, 1.54) is 0 Å². The fourth-order valence-electron chi connectivity index (χ4n) is 3.21. The molecular formula is C19H18N4O. The van der Waals surface area contributed by atoms with Crippen LogP contribution < -0.4 is 0 Å². The van der Waals surface area contributed by atoms with Gasteiger partial charge in [-0.05, 0) is 43.7 Å². The molecule has 3 heterocycles. The molecule has 1 saturated heterocycles. The van der Waals surface area contributed by atoms with Gasteiger partial charge in [0.2, 0.25) is 0 Å². The summed E-state index contributed by atoms with van der Waals surface area (Å²) in [7, 11) is 0. The summed E-state index contributed by atoms with van der Waals surface area (Å²) in [6.45, 7) is 3.38. The largest absolute Gasteiger partial charge is 0.338 e. The molecule has 4 rings (SSSR count). The monoisotopic (exact) mass is 318 g/mol. The molecule has 24 heavy (non-hydrogen) atoms. The van der Waals surface area contributed by atoms with E-state index in [-0.39, 0.29) is 11.8 Å². The Bertz CT molecular complexity index is 909. The number of nitrogens with zero attached hydrogens (tertiary/aromatic N) is 4. The molecule has 0 saturated carbocycles. The summed E-state index contributed by atoms with van der Waals surface area (Å²) in [4.78, 5) is 27.9. The molecule has 1 atom stereocenters. The quantitative estimate of drug-likeness (QED) is 0.729. The first-order chi connectivity index (χ1) is 11.7. The lowest BCUT2D eigenvalue weighted by Gasteiger charge is -2.16. The lowest BCUT2D eigenvalue weighted by atomic mass is 10.1. The first kappa shape index (κ1) is 14.8. The molecule has 120 valence electrons. The van der Waals surface area contributed by atoms with E-state index in [0.29, 0.717) is 12.1 Å². The molecule has 0 spiro atoms. The zero-order valence-electron chi connectivity index (χ0n) is 13.5. The highest BCUT2D eigenvalue weighted by Crippen LogP contribution is 2.26. The van der Waals surface area contributed by atoms with Crippen LogP contribution in [0.1, 0.15) is 34.2 Å². The van der Waals surface area contributed by atoms with Gasteiger partial charge in [-0.15, -0.1) is 0 Å². The molecule has 1 unspecified atom stereocenters. The molecule has 1 aromatic carbocycles. The van der Waals surface area contributed by atoms with Crippen LogP contribution >= 0.6 is 0 Å². The van der Waals surface area contributed by atoms with E-state index in [2.05, 4.69) is 15.0 Å². The van der Waals surface area contributed by atoms with Crippen LogP contribution in [0.4, 0.5) is 0 Å². The van der Waals surface area contributed by atoms with Gasteiger partial charge in [0, 0.05) is 48.0 Å². The lowest BCUT2D eigenvalue weighted by Crippen LogP contribution is -2.28. The molecule has 0 radical (unpaired) electrons. The molecule has 0 aliphatic carbocycles. The highest BCUT2D eigenvalue weighted by molar-refractivity contribution is 5.98. The van der Waals surface area contributed by atoms with Gasteiger partial charge in [0.25, 0.3) is 5.91 Å². The number of pyridine rings is 1. The smallest absolute Gasteiger partial charge is 0.253 e.